The van der Waals surface area contributed by atoms with E-state index in [-0.39, 0.29) is 0 Å². The molecule has 0 aromatic carbocycles. The Balaban J connectivity index is 2.07. The van der Waals surface area contributed by atoms with Gasteiger partial charge >= 0.3 is 0 Å². The van der Waals surface area contributed by atoms with E-state index in [9.17, 15) is 4.79 Å². The number of hydrogen-bond donors (Lipinski definition) is 0. The number of aldehydes is 1. The average molecular weight is 139 g/mol. The Morgan fingerprint density at radius 2 is 2.20 bits per heavy atom. The quantitative estimate of drug-likeness (QED) is 0.498. The van der Waals surface area contributed by atoms with Crippen molar-refractivity contribution in [2.75, 3.05) is 13.1 Å². The van der Waals surface area contributed by atoms with E-state index in [1.54, 1.807) is 0 Å². The predicted molar refractivity (Wildman–Crippen MR) is 38.8 cm³/mol. The zero-order chi connectivity index (χ0) is 6.97. The van der Waals surface area contributed by atoms with Crippen molar-refractivity contribution in [3.63, 3.8) is 0 Å². The molecule has 0 aliphatic carbocycles. The van der Waals surface area contributed by atoms with Crippen LogP contribution in [0.1, 0.15) is 19.3 Å². The number of nitrogens with zero attached hydrogens (tertiary/aromatic N) is 1. The van der Waals surface area contributed by atoms with Crippen LogP contribution in [0.4, 0.5) is 0 Å². The highest BCUT2D eigenvalue weighted by molar-refractivity contribution is 5.55. The standard InChI is InChI=1S/C8H13NO/c10-6-7-3-5-9-4-1-2-8(7)9/h6-8H,1-5H2. The van der Waals surface area contributed by atoms with Gasteiger partial charge in [0.25, 0.3) is 0 Å². The Labute approximate surface area is 61.2 Å². The minimum atomic E-state index is 0.363. The van der Waals surface area contributed by atoms with Gasteiger partial charge in [0.1, 0.15) is 6.29 Å². The second-order valence-electron chi connectivity index (χ2n) is 3.33. The van der Waals surface area contributed by atoms with E-state index in [1.807, 2.05) is 0 Å². The van der Waals surface area contributed by atoms with Crippen molar-refractivity contribution in [3.8, 4) is 0 Å². The molecule has 10 heavy (non-hydrogen) atoms. The SMILES string of the molecule is O=CC1CCN2CCCC12. The van der Waals surface area contributed by atoms with Gasteiger partial charge in [0.05, 0.1) is 0 Å². The lowest BCUT2D eigenvalue weighted by Gasteiger charge is -2.15. The van der Waals surface area contributed by atoms with Crippen molar-refractivity contribution in [2.24, 2.45) is 5.92 Å². The zero-order valence-corrected chi connectivity index (χ0v) is 6.12. The van der Waals surface area contributed by atoms with Crippen LogP contribution in [0.2, 0.25) is 0 Å². The Kier molecular flexibility index (Phi) is 1.49. The summed E-state index contributed by atoms with van der Waals surface area (Å²) in [6.45, 7) is 2.39. The summed E-state index contributed by atoms with van der Waals surface area (Å²) in [6.07, 6.45) is 4.81. The molecule has 2 atom stereocenters. The molecule has 2 heteroatoms. The molecule has 56 valence electrons. The molecule has 0 aromatic rings. The van der Waals surface area contributed by atoms with Crippen LogP contribution in [-0.2, 0) is 4.79 Å². The molecule has 2 unspecified atom stereocenters. The third-order valence-corrected chi connectivity index (χ3v) is 2.83. The molecule has 0 bridgehead atoms. The minimum Gasteiger partial charge on any atom is -0.303 e. The van der Waals surface area contributed by atoms with Crippen molar-refractivity contribution in [1.82, 2.24) is 4.90 Å². The third kappa shape index (κ3) is 0.788. The lowest BCUT2D eigenvalue weighted by atomic mass is 10.0. The normalized spacial score (nSPS) is 40.0. The van der Waals surface area contributed by atoms with Gasteiger partial charge in [-0.3, -0.25) is 4.90 Å². The van der Waals surface area contributed by atoms with Crippen molar-refractivity contribution in [3.05, 3.63) is 0 Å². The smallest absolute Gasteiger partial charge is 0.124 e. The third-order valence-electron chi connectivity index (χ3n) is 2.83. The number of carbonyl (C=O) groups is 1. The van der Waals surface area contributed by atoms with Gasteiger partial charge in [-0.15, -0.1) is 0 Å². The van der Waals surface area contributed by atoms with Gasteiger partial charge < -0.3 is 4.79 Å². The van der Waals surface area contributed by atoms with Gasteiger partial charge in [-0.2, -0.15) is 0 Å². The van der Waals surface area contributed by atoms with Crippen LogP contribution < -0.4 is 0 Å². The summed E-state index contributed by atoms with van der Waals surface area (Å²) in [5.74, 6) is 0.363. The van der Waals surface area contributed by atoms with Gasteiger partial charge in [-0.25, -0.2) is 0 Å². The van der Waals surface area contributed by atoms with E-state index >= 15 is 0 Å². The second kappa shape index (κ2) is 2.35. The van der Waals surface area contributed by atoms with E-state index in [0.29, 0.717) is 12.0 Å². The van der Waals surface area contributed by atoms with Gasteiger partial charge in [-0.05, 0) is 32.4 Å². The summed E-state index contributed by atoms with van der Waals surface area (Å²) < 4.78 is 0. The highest BCUT2D eigenvalue weighted by atomic mass is 16.1. The van der Waals surface area contributed by atoms with E-state index in [1.165, 1.54) is 19.4 Å². The van der Waals surface area contributed by atoms with E-state index in [0.717, 1.165) is 19.3 Å². The molecule has 0 amide bonds. The molecular weight excluding hydrogens is 126 g/mol. The second-order valence-corrected chi connectivity index (χ2v) is 3.33. The fraction of sp³-hybridized carbons (Fsp3) is 0.875. The molecule has 0 radical (unpaired) electrons. The maximum Gasteiger partial charge on any atom is 0.124 e. The molecule has 2 aliphatic rings. The first kappa shape index (κ1) is 6.35. The first-order valence-electron chi connectivity index (χ1n) is 4.11. The largest absolute Gasteiger partial charge is 0.303 e. The number of rotatable bonds is 1. The van der Waals surface area contributed by atoms with Crippen molar-refractivity contribution in [2.45, 2.75) is 25.3 Å². The average Bonchev–Trinajstić information content (AvgIpc) is 2.44. The van der Waals surface area contributed by atoms with Crippen molar-refractivity contribution < 1.29 is 4.79 Å². The Hall–Kier alpha value is -0.370. The molecule has 2 nitrogen and oxygen atoms in total. The topological polar surface area (TPSA) is 20.3 Å². The van der Waals surface area contributed by atoms with E-state index in [4.69, 9.17) is 0 Å². The highest BCUT2D eigenvalue weighted by Gasteiger charge is 2.36. The number of carbonyl (C=O) groups excluding carboxylic acids is 1. The predicted octanol–water partition coefficient (Wildman–Crippen LogP) is 0.670. The monoisotopic (exact) mass is 139 g/mol. The minimum absolute atomic E-state index is 0.363. The number of hydrogen-bond acceptors (Lipinski definition) is 2. The molecule has 2 aliphatic heterocycles. The first-order chi connectivity index (χ1) is 4.92. The summed E-state index contributed by atoms with van der Waals surface area (Å²) in [5.41, 5.74) is 0. The number of fused-ring (bicyclic) bond motifs is 1. The molecule has 2 saturated heterocycles. The fourth-order valence-corrected chi connectivity index (χ4v) is 2.28. The van der Waals surface area contributed by atoms with Crippen LogP contribution in [0.3, 0.4) is 0 Å². The molecule has 0 saturated carbocycles. The van der Waals surface area contributed by atoms with Crippen molar-refractivity contribution >= 4 is 6.29 Å². The molecule has 0 spiro atoms. The molecule has 0 aromatic heterocycles. The highest BCUT2D eigenvalue weighted by Crippen LogP contribution is 2.30. The van der Waals surface area contributed by atoms with Gasteiger partial charge in [0.2, 0.25) is 0 Å². The lowest BCUT2D eigenvalue weighted by molar-refractivity contribution is -0.111. The molecule has 2 fully saturated rings. The van der Waals surface area contributed by atoms with E-state index < -0.39 is 0 Å². The summed E-state index contributed by atoms with van der Waals surface area (Å²) in [7, 11) is 0. The van der Waals surface area contributed by atoms with Crippen LogP contribution in [0.15, 0.2) is 0 Å². The molecular formula is C8H13NO. The summed E-state index contributed by atoms with van der Waals surface area (Å²) in [6, 6.07) is 0.623. The van der Waals surface area contributed by atoms with Gasteiger partial charge in [0, 0.05) is 12.0 Å². The van der Waals surface area contributed by atoms with Gasteiger partial charge in [-0.1, -0.05) is 0 Å². The summed E-state index contributed by atoms with van der Waals surface area (Å²) in [4.78, 5) is 13.0. The fourth-order valence-electron chi connectivity index (χ4n) is 2.28. The first-order valence-corrected chi connectivity index (χ1v) is 4.11. The Morgan fingerprint density at radius 3 is 3.00 bits per heavy atom. The van der Waals surface area contributed by atoms with Crippen LogP contribution in [0.5, 0.6) is 0 Å². The van der Waals surface area contributed by atoms with Crippen LogP contribution >= 0.6 is 0 Å². The Morgan fingerprint density at radius 1 is 1.30 bits per heavy atom. The summed E-state index contributed by atoms with van der Waals surface area (Å²) in [5, 5.41) is 0. The van der Waals surface area contributed by atoms with Crippen LogP contribution in [0, 0.1) is 5.92 Å². The maximum atomic E-state index is 10.5. The lowest BCUT2D eigenvalue weighted by Crippen LogP contribution is -2.26. The van der Waals surface area contributed by atoms with Crippen LogP contribution in [-0.4, -0.2) is 30.3 Å². The van der Waals surface area contributed by atoms with Crippen molar-refractivity contribution in [1.29, 1.82) is 0 Å². The van der Waals surface area contributed by atoms with Gasteiger partial charge in [0.15, 0.2) is 0 Å². The van der Waals surface area contributed by atoms with E-state index in [2.05, 4.69) is 4.90 Å². The molecule has 0 N–H and O–H groups in total. The maximum absolute atomic E-state index is 10.5. The Bertz CT molecular complexity index is 146. The molecule has 2 rings (SSSR count). The molecule has 2 heterocycles. The zero-order valence-electron chi connectivity index (χ0n) is 6.12. The van der Waals surface area contributed by atoms with Crippen LogP contribution in [0.25, 0.3) is 0 Å². The summed E-state index contributed by atoms with van der Waals surface area (Å²) >= 11 is 0.